The van der Waals surface area contributed by atoms with Gasteiger partial charge in [-0.15, -0.1) is 0 Å². The van der Waals surface area contributed by atoms with Crippen LogP contribution in [0, 0.1) is 10.1 Å². The Morgan fingerprint density at radius 1 is 1.28 bits per heavy atom. The molecule has 1 heterocycles. The molecule has 0 spiro atoms. The van der Waals surface area contributed by atoms with E-state index in [1.54, 1.807) is 24.3 Å². The number of hydrogen-bond donors (Lipinski definition) is 3. The summed E-state index contributed by atoms with van der Waals surface area (Å²) in [4.78, 5) is 20.9. The average molecular weight is 366 g/mol. The molecular weight excluding hydrogens is 346 g/mol. The van der Waals surface area contributed by atoms with Crippen molar-refractivity contribution >= 4 is 40.6 Å². The molecule has 10 heteroatoms. The zero-order valence-corrected chi connectivity index (χ0v) is 14.7. The van der Waals surface area contributed by atoms with E-state index in [1.165, 1.54) is 0 Å². The van der Waals surface area contributed by atoms with Crippen molar-refractivity contribution in [3.8, 4) is 0 Å². The zero-order valence-electron chi connectivity index (χ0n) is 14.0. The Balaban J connectivity index is 2.22. The summed E-state index contributed by atoms with van der Waals surface area (Å²) < 4.78 is 0. The number of benzene rings is 1. The number of aromatic nitrogens is 2. The lowest BCUT2D eigenvalue weighted by Gasteiger charge is -2.12. The summed E-state index contributed by atoms with van der Waals surface area (Å²) in [6.45, 7) is 1.52. The molecule has 0 fully saturated rings. The Bertz CT molecular complexity index is 737. The molecule has 0 amide bonds. The van der Waals surface area contributed by atoms with Gasteiger partial charge in [-0.1, -0.05) is 11.6 Å². The summed E-state index contributed by atoms with van der Waals surface area (Å²) in [5.74, 6) is 0.0554. The monoisotopic (exact) mass is 365 g/mol. The lowest BCUT2D eigenvalue weighted by Crippen LogP contribution is -2.17. The molecule has 0 atom stereocenters. The van der Waals surface area contributed by atoms with Crippen LogP contribution in [0.1, 0.15) is 6.42 Å². The molecule has 2 rings (SSSR count). The highest BCUT2D eigenvalue weighted by Gasteiger charge is 2.23. The van der Waals surface area contributed by atoms with Gasteiger partial charge in [0, 0.05) is 17.3 Å². The summed E-state index contributed by atoms with van der Waals surface area (Å²) in [7, 11) is 3.96. The molecule has 25 heavy (non-hydrogen) atoms. The van der Waals surface area contributed by atoms with Gasteiger partial charge in [0.05, 0.1) is 4.92 Å². The molecule has 0 radical (unpaired) electrons. The third-order valence-electron chi connectivity index (χ3n) is 3.27. The number of anilines is 4. The van der Waals surface area contributed by atoms with Gasteiger partial charge in [-0.05, 0) is 51.3 Å². The van der Waals surface area contributed by atoms with Crippen LogP contribution in [-0.2, 0) is 0 Å². The molecule has 0 aliphatic carbocycles. The molecule has 134 valence electrons. The van der Waals surface area contributed by atoms with E-state index in [0.717, 1.165) is 13.0 Å². The summed E-state index contributed by atoms with van der Waals surface area (Å²) in [6.07, 6.45) is 0.868. The number of nitrogens with one attached hydrogen (secondary N) is 2. The summed E-state index contributed by atoms with van der Waals surface area (Å²) in [6, 6.07) is 6.71. The fraction of sp³-hybridized carbons (Fsp3) is 0.333. The van der Waals surface area contributed by atoms with Crippen LogP contribution in [-0.4, -0.2) is 47.0 Å². The minimum atomic E-state index is -0.608. The zero-order chi connectivity index (χ0) is 18.4. The standard InChI is InChI=1S/C15H20ClN7O2/c1-22(2)9-3-8-18-15-20-13(17)12(23(24)25)14(21-15)19-11-6-4-10(16)5-7-11/h4-7H,3,8-9H2,1-2H3,(H4,17,18,19,20,21). The van der Waals surface area contributed by atoms with Gasteiger partial charge < -0.3 is 21.3 Å². The SMILES string of the molecule is CN(C)CCCNc1nc(N)c([N+](=O)[O-])c(Nc2ccc(Cl)cc2)n1. The minimum absolute atomic E-state index is 0.0231. The van der Waals surface area contributed by atoms with Crippen molar-refractivity contribution in [3.05, 3.63) is 39.4 Å². The van der Waals surface area contributed by atoms with Crippen molar-refractivity contribution in [1.29, 1.82) is 0 Å². The predicted octanol–water partition coefficient (Wildman–Crippen LogP) is 2.73. The van der Waals surface area contributed by atoms with Crippen molar-refractivity contribution in [2.75, 3.05) is 43.6 Å². The molecule has 0 bridgehead atoms. The number of nitro groups is 1. The normalized spacial score (nSPS) is 10.7. The van der Waals surface area contributed by atoms with Crippen LogP contribution in [0.2, 0.25) is 5.02 Å². The molecular formula is C15H20ClN7O2. The molecule has 4 N–H and O–H groups in total. The topological polar surface area (TPSA) is 122 Å². The molecule has 9 nitrogen and oxygen atoms in total. The van der Waals surface area contributed by atoms with E-state index in [4.69, 9.17) is 17.3 Å². The predicted molar refractivity (Wildman–Crippen MR) is 99.5 cm³/mol. The van der Waals surface area contributed by atoms with E-state index in [2.05, 4.69) is 25.5 Å². The largest absolute Gasteiger partial charge is 0.378 e. The second kappa shape index (κ2) is 8.45. The van der Waals surface area contributed by atoms with Crippen molar-refractivity contribution in [1.82, 2.24) is 14.9 Å². The smallest absolute Gasteiger partial charge is 0.353 e. The van der Waals surface area contributed by atoms with Gasteiger partial charge >= 0.3 is 5.69 Å². The van der Waals surface area contributed by atoms with Crippen LogP contribution in [0.4, 0.5) is 29.0 Å². The van der Waals surface area contributed by atoms with Crippen molar-refractivity contribution in [2.24, 2.45) is 0 Å². The van der Waals surface area contributed by atoms with Gasteiger partial charge in [0.1, 0.15) is 0 Å². The molecule has 0 unspecified atom stereocenters. The summed E-state index contributed by atoms with van der Waals surface area (Å²) >= 11 is 5.84. The lowest BCUT2D eigenvalue weighted by atomic mass is 10.3. The fourth-order valence-corrected chi connectivity index (χ4v) is 2.21. The van der Waals surface area contributed by atoms with Gasteiger partial charge in [0.25, 0.3) is 0 Å². The van der Waals surface area contributed by atoms with Crippen LogP contribution < -0.4 is 16.4 Å². The Morgan fingerprint density at radius 2 is 1.96 bits per heavy atom. The molecule has 2 aromatic rings. The first-order chi connectivity index (χ1) is 11.9. The van der Waals surface area contributed by atoms with Gasteiger partial charge in [0.15, 0.2) is 0 Å². The second-order valence-electron chi connectivity index (χ2n) is 5.60. The van der Waals surface area contributed by atoms with Crippen LogP contribution in [0.25, 0.3) is 0 Å². The molecule has 0 saturated carbocycles. The average Bonchev–Trinajstić information content (AvgIpc) is 2.53. The molecule has 0 aliphatic heterocycles. The number of nitrogen functional groups attached to an aromatic ring is 1. The quantitative estimate of drug-likeness (QED) is 0.370. The van der Waals surface area contributed by atoms with E-state index < -0.39 is 4.92 Å². The summed E-state index contributed by atoms with van der Waals surface area (Å²) in [5, 5.41) is 17.8. The van der Waals surface area contributed by atoms with Gasteiger partial charge in [-0.25, -0.2) is 0 Å². The highest BCUT2D eigenvalue weighted by molar-refractivity contribution is 6.30. The van der Waals surface area contributed by atoms with Gasteiger partial charge in [-0.2, -0.15) is 9.97 Å². The van der Waals surface area contributed by atoms with Crippen LogP contribution in [0.5, 0.6) is 0 Å². The molecule has 0 saturated heterocycles. The Hall–Kier alpha value is -2.65. The number of rotatable bonds is 8. The van der Waals surface area contributed by atoms with Crippen molar-refractivity contribution in [2.45, 2.75) is 6.42 Å². The Labute approximate surface area is 150 Å². The Kier molecular flexibility index (Phi) is 6.31. The van der Waals surface area contributed by atoms with Gasteiger partial charge in [-0.3, -0.25) is 10.1 Å². The lowest BCUT2D eigenvalue weighted by molar-refractivity contribution is -0.383. The molecule has 1 aromatic carbocycles. The van der Waals surface area contributed by atoms with Crippen molar-refractivity contribution in [3.63, 3.8) is 0 Å². The second-order valence-corrected chi connectivity index (χ2v) is 6.04. The van der Waals surface area contributed by atoms with E-state index in [9.17, 15) is 10.1 Å². The first kappa shape index (κ1) is 18.7. The maximum absolute atomic E-state index is 11.3. The highest BCUT2D eigenvalue weighted by atomic mass is 35.5. The first-order valence-electron chi connectivity index (χ1n) is 7.60. The van der Waals surface area contributed by atoms with Crippen LogP contribution >= 0.6 is 11.6 Å². The third kappa shape index (κ3) is 5.44. The maximum atomic E-state index is 11.3. The molecule has 1 aromatic heterocycles. The van der Waals surface area contributed by atoms with Gasteiger partial charge in [0.2, 0.25) is 17.6 Å². The maximum Gasteiger partial charge on any atom is 0.353 e. The first-order valence-corrected chi connectivity index (χ1v) is 7.97. The minimum Gasteiger partial charge on any atom is -0.378 e. The van der Waals surface area contributed by atoms with E-state index in [-0.39, 0.29) is 23.3 Å². The van der Waals surface area contributed by atoms with Crippen LogP contribution in [0.3, 0.4) is 0 Å². The van der Waals surface area contributed by atoms with E-state index >= 15 is 0 Å². The van der Waals surface area contributed by atoms with E-state index in [1.807, 2.05) is 14.1 Å². The summed E-state index contributed by atoms with van der Waals surface area (Å²) in [5.41, 5.74) is 5.99. The number of nitrogens with two attached hydrogens (primary N) is 1. The fourth-order valence-electron chi connectivity index (χ4n) is 2.08. The van der Waals surface area contributed by atoms with Crippen LogP contribution in [0.15, 0.2) is 24.3 Å². The number of nitrogens with zero attached hydrogens (tertiary/aromatic N) is 4. The highest BCUT2D eigenvalue weighted by Crippen LogP contribution is 2.31. The third-order valence-corrected chi connectivity index (χ3v) is 3.52. The molecule has 0 aliphatic rings. The van der Waals surface area contributed by atoms with E-state index in [0.29, 0.717) is 17.3 Å². The number of hydrogen-bond acceptors (Lipinski definition) is 8. The Morgan fingerprint density at radius 3 is 2.56 bits per heavy atom. The number of halogens is 1. The van der Waals surface area contributed by atoms with Crippen molar-refractivity contribution < 1.29 is 4.92 Å².